The first kappa shape index (κ1) is 32.1. The smallest absolute Gasteiger partial charge is 0.331 e. The number of benzene rings is 1. The Bertz CT molecular complexity index is 1190. The molecular formula is C30H44Cl2N5O3+. The lowest BCUT2D eigenvalue weighted by molar-refractivity contribution is -0.900. The molecule has 3 fully saturated rings. The van der Waals surface area contributed by atoms with Gasteiger partial charge in [0.15, 0.2) is 5.54 Å². The summed E-state index contributed by atoms with van der Waals surface area (Å²) in [5.74, 6) is 1.01. The predicted molar refractivity (Wildman–Crippen MR) is 161 cm³/mol. The van der Waals surface area contributed by atoms with Crippen molar-refractivity contribution in [1.29, 1.82) is 0 Å². The lowest BCUT2D eigenvalue weighted by Crippen LogP contribution is -2.71. The Morgan fingerprint density at radius 3 is 2.42 bits per heavy atom. The third-order valence-corrected chi connectivity index (χ3v) is 9.52. The van der Waals surface area contributed by atoms with Crippen molar-refractivity contribution < 1.29 is 19.2 Å². The molecule has 2 aromatic rings. The summed E-state index contributed by atoms with van der Waals surface area (Å²) in [4.78, 5) is 32.5. The number of carbonyl (C=O) groups is 2. The van der Waals surface area contributed by atoms with E-state index in [9.17, 15) is 14.7 Å². The monoisotopic (exact) mass is 592 g/mol. The van der Waals surface area contributed by atoms with Crippen molar-refractivity contribution in [3.8, 4) is 5.75 Å². The highest BCUT2D eigenvalue weighted by Gasteiger charge is 2.76. The van der Waals surface area contributed by atoms with E-state index >= 15 is 0 Å². The molecule has 2 amide bonds. The Labute approximate surface area is 249 Å². The molecule has 2 aliphatic carbocycles. The van der Waals surface area contributed by atoms with Crippen molar-refractivity contribution in [2.45, 2.75) is 89.4 Å². The Morgan fingerprint density at radius 1 is 1.07 bits per heavy atom. The highest BCUT2D eigenvalue weighted by atomic mass is 35.5. The molecule has 1 saturated heterocycles. The Morgan fingerprint density at radius 2 is 1.77 bits per heavy atom. The van der Waals surface area contributed by atoms with Crippen LogP contribution in [0.5, 0.6) is 5.75 Å². The molecule has 6 N–H and O–H groups in total. The molecule has 0 spiro atoms. The van der Waals surface area contributed by atoms with Gasteiger partial charge < -0.3 is 16.6 Å². The summed E-state index contributed by atoms with van der Waals surface area (Å²) >= 11 is 0. The normalized spacial score (nSPS) is 26.5. The molecule has 0 radical (unpaired) electrons. The number of amides is 2. The first-order valence-electron chi connectivity index (χ1n) is 14.2. The maximum absolute atomic E-state index is 14.9. The van der Waals surface area contributed by atoms with Crippen molar-refractivity contribution in [1.82, 2.24) is 10.3 Å². The number of nitrogens with zero attached hydrogens (tertiary/aromatic N) is 2. The van der Waals surface area contributed by atoms with E-state index in [-0.39, 0.29) is 52.8 Å². The number of nitrogens with two attached hydrogens (primary N) is 2. The molecule has 1 aliphatic heterocycles. The SMILES string of the molecule is Cc1nc(N)ccc1C[N+]1(C(=O)[C@@H](CC2CCCCC2)NCc2ccc(O)cc2)CCC[C@@H]2C[C@@]21C(N)=O.Cl.Cl. The molecule has 40 heavy (non-hydrogen) atoms. The first-order chi connectivity index (χ1) is 18.2. The van der Waals surface area contributed by atoms with Crippen molar-refractivity contribution in [2.75, 3.05) is 12.3 Å². The lowest BCUT2D eigenvalue weighted by Gasteiger charge is -2.46. The van der Waals surface area contributed by atoms with Crippen molar-refractivity contribution in [3.63, 3.8) is 0 Å². The van der Waals surface area contributed by atoms with E-state index in [0.717, 1.165) is 48.9 Å². The van der Waals surface area contributed by atoms with E-state index in [1.165, 1.54) is 19.3 Å². The average Bonchev–Trinajstić information content (AvgIpc) is 3.67. The number of nitrogen functional groups attached to an aromatic ring is 1. The number of fused-ring (bicyclic) bond motifs is 1. The fraction of sp³-hybridized carbons (Fsp3) is 0.567. The number of phenolic OH excluding ortho intramolecular Hbond substituents is 1. The third kappa shape index (κ3) is 6.10. The molecule has 2 saturated carbocycles. The molecule has 3 aliphatic rings. The zero-order valence-corrected chi connectivity index (χ0v) is 24.9. The van der Waals surface area contributed by atoms with Gasteiger partial charge in [0.05, 0.1) is 6.54 Å². The molecule has 220 valence electrons. The van der Waals surface area contributed by atoms with Crippen LogP contribution in [-0.4, -0.2) is 44.5 Å². The van der Waals surface area contributed by atoms with Crippen LogP contribution in [0.4, 0.5) is 5.82 Å². The predicted octanol–water partition coefficient (Wildman–Crippen LogP) is 4.53. The largest absolute Gasteiger partial charge is 0.508 e. The van der Waals surface area contributed by atoms with E-state index in [0.29, 0.717) is 37.8 Å². The van der Waals surface area contributed by atoms with Gasteiger partial charge in [0.2, 0.25) is 0 Å². The van der Waals surface area contributed by atoms with Gasteiger partial charge in [-0.3, -0.25) is 10.1 Å². The van der Waals surface area contributed by atoms with Gasteiger partial charge in [-0.1, -0.05) is 44.2 Å². The number of aromatic hydroxyl groups is 1. The van der Waals surface area contributed by atoms with Crippen LogP contribution < -0.4 is 16.8 Å². The number of piperidine rings is 1. The number of nitrogens with one attached hydrogen (secondary N) is 1. The number of phenols is 1. The standard InChI is InChI=1S/C30H41N5O3.2ClH/c1-20-23(11-14-27(31)34-20)19-35(15-5-8-24-17-30(24,35)29(32)38)28(37)26(16-21-6-3-2-4-7-21)33-18-22-9-12-25(36)13-10-22;;/h9-14,21,24,26,33H,2-8,15-19H2,1H3,(H4-,31,32,34,36,38);2*1H/p+1/t24-,26-,30+,35?;;/m1../s1. The second-order valence-corrected chi connectivity index (χ2v) is 11.8. The van der Waals surface area contributed by atoms with E-state index in [1.807, 2.05) is 25.1 Å². The Kier molecular flexibility index (Phi) is 10.5. The van der Waals surface area contributed by atoms with Crippen LogP contribution in [0.15, 0.2) is 36.4 Å². The number of pyridine rings is 1. The number of rotatable bonds is 9. The van der Waals surface area contributed by atoms with Crippen molar-refractivity contribution in [2.24, 2.45) is 17.6 Å². The molecule has 2 heterocycles. The molecule has 1 aromatic heterocycles. The number of aromatic nitrogens is 1. The summed E-state index contributed by atoms with van der Waals surface area (Å²) in [7, 11) is 0. The van der Waals surface area contributed by atoms with E-state index in [1.54, 1.807) is 18.2 Å². The number of carbonyl (C=O) groups excluding carboxylic acids is 2. The van der Waals surface area contributed by atoms with E-state index < -0.39 is 11.6 Å². The number of primary amides is 1. The minimum Gasteiger partial charge on any atom is -0.508 e. The molecule has 1 unspecified atom stereocenters. The molecule has 5 rings (SSSR count). The summed E-state index contributed by atoms with van der Waals surface area (Å²) in [5.41, 5.74) is 14.0. The fourth-order valence-electron chi connectivity index (χ4n) is 7.35. The number of aryl methyl sites for hydroxylation is 1. The third-order valence-electron chi connectivity index (χ3n) is 9.52. The fourth-order valence-corrected chi connectivity index (χ4v) is 7.35. The van der Waals surface area contributed by atoms with Gasteiger partial charge in [0, 0.05) is 30.1 Å². The number of likely N-dealkylation sites (tertiary alicyclic amines) is 1. The molecule has 4 atom stereocenters. The van der Waals surface area contributed by atoms with E-state index in [2.05, 4.69) is 10.3 Å². The minimum atomic E-state index is -0.853. The van der Waals surface area contributed by atoms with Gasteiger partial charge in [0.1, 0.15) is 24.2 Å². The van der Waals surface area contributed by atoms with Crippen LogP contribution in [0, 0.1) is 18.8 Å². The number of hydrogen-bond donors (Lipinski definition) is 4. The maximum Gasteiger partial charge on any atom is 0.331 e. The summed E-state index contributed by atoms with van der Waals surface area (Å²) in [6.07, 6.45) is 9.18. The molecule has 1 aromatic carbocycles. The van der Waals surface area contributed by atoms with Crippen LogP contribution >= 0.6 is 24.8 Å². The summed E-state index contributed by atoms with van der Waals surface area (Å²) < 4.78 is 0.0689. The van der Waals surface area contributed by atoms with Gasteiger partial charge in [-0.2, -0.15) is 0 Å². The number of quaternary nitrogens is 1. The van der Waals surface area contributed by atoms with Crippen molar-refractivity contribution in [3.05, 3.63) is 53.2 Å². The quantitative estimate of drug-likeness (QED) is 0.316. The van der Waals surface area contributed by atoms with Crippen LogP contribution in [0.1, 0.15) is 74.6 Å². The topological polar surface area (TPSA) is 131 Å². The summed E-state index contributed by atoms with van der Waals surface area (Å²) in [6.45, 7) is 3.43. The summed E-state index contributed by atoms with van der Waals surface area (Å²) in [6, 6.07) is 10.4. The second-order valence-electron chi connectivity index (χ2n) is 11.8. The van der Waals surface area contributed by atoms with Crippen LogP contribution in [0.2, 0.25) is 0 Å². The number of hydrogen-bond acceptors (Lipinski definition) is 6. The minimum absolute atomic E-state index is 0. The van der Waals surface area contributed by atoms with Crippen LogP contribution in [-0.2, 0) is 22.7 Å². The van der Waals surface area contributed by atoms with Crippen LogP contribution in [0.3, 0.4) is 0 Å². The van der Waals surface area contributed by atoms with Gasteiger partial charge >= 0.3 is 5.91 Å². The molecule has 8 nitrogen and oxygen atoms in total. The Hall–Kier alpha value is -2.39. The van der Waals surface area contributed by atoms with Gasteiger partial charge in [-0.15, -0.1) is 24.8 Å². The number of halogens is 2. The van der Waals surface area contributed by atoms with Crippen molar-refractivity contribution >= 4 is 42.4 Å². The highest BCUT2D eigenvalue weighted by molar-refractivity contribution is 5.91. The van der Waals surface area contributed by atoms with Gasteiger partial charge in [-0.05, 0) is 61.9 Å². The second kappa shape index (κ2) is 13.1. The highest BCUT2D eigenvalue weighted by Crippen LogP contribution is 2.59. The van der Waals surface area contributed by atoms with Gasteiger partial charge in [0.25, 0.3) is 5.91 Å². The Balaban J connectivity index is 0.00000220. The zero-order valence-electron chi connectivity index (χ0n) is 23.3. The molecule has 10 heteroatoms. The first-order valence-corrected chi connectivity index (χ1v) is 14.2. The van der Waals surface area contributed by atoms with Gasteiger partial charge in [-0.25, -0.2) is 14.3 Å². The zero-order chi connectivity index (χ0) is 26.9. The lowest BCUT2D eigenvalue weighted by atomic mass is 9.83. The summed E-state index contributed by atoms with van der Waals surface area (Å²) in [5, 5.41) is 13.3. The van der Waals surface area contributed by atoms with E-state index in [4.69, 9.17) is 11.5 Å². The number of anilines is 1. The maximum atomic E-state index is 14.9. The van der Waals surface area contributed by atoms with Crippen LogP contribution in [0.25, 0.3) is 0 Å². The molecule has 0 bridgehead atoms. The molecular weight excluding hydrogens is 549 g/mol. The average molecular weight is 594 g/mol.